The molecule has 1 aromatic rings. The molecule has 5 heteroatoms. The van der Waals surface area contributed by atoms with Crippen LogP contribution >= 0.6 is 0 Å². The summed E-state index contributed by atoms with van der Waals surface area (Å²) in [6, 6.07) is 7.81. The lowest BCUT2D eigenvalue weighted by molar-refractivity contribution is -0.123. The Hall–Kier alpha value is -2.06. The Morgan fingerprint density at radius 1 is 1.55 bits per heavy atom. The summed E-state index contributed by atoms with van der Waals surface area (Å²) in [5.74, 6) is 0.455. The lowest BCUT2D eigenvalue weighted by Gasteiger charge is -2.13. The van der Waals surface area contributed by atoms with E-state index in [2.05, 4.69) is 5.32 Å². The van der Waals surface area contributed by atoms with Gasteiger partial charge in [-0.3, -0.25) is 4.79 Å². The molecule has 0 aliphatic carbocycles. The number of hydrogen-bond donors (Lipinski definition) is 2. The second kappa shape index (κ2) is 8.18. The maximum atomic E-state index is 11.5. The zero-order valence-electron chi connectivity index (χ0n) is 12.0. The van der Waals surface area contributed by atoms with Gasteiger partial charge in [0.1, 0.15) is 5.75 Å². The molecule has 1 aromatic carbocycles. The summed E-state index contributed by atoms with van der Waals surface area (Å²) >= 11 is 0. The van der Waals surface area contributed by atoms with Crippen LogP contribution in [0.2, 0.25) is 0 Å². The molecule has 3 N–H and O–H groups in total. The van der Waals surface area contributed by atoms with Crippen molar-refractivity contribution in [2.24, 2.45) is 5.73 Å². The number of amides is 1. The van der Waals surface area contributed by atoms with Gasteiger partial charge in [-0.05, 0) is 31.9 Å². The van der Waals surface area contributed by atoms with Gasteiger partial charge in [0, 0.05) is 12.6 Å². The molecule has 5 nitrogen and oxygen atoms in total. The van der Waals surface area contributed by atoms with Gasteiger partial charge in [0.05, 0.1) is 12.5 Å². The van der Waals surface area contributed by atoms with E-state index in [0.717, 1.165) is 11.1 Å². The molecular formula is C15H21N3O2. The molecule has 1 unspecified atom stereocenters. The number of nitriles is 1. The molecule has 0 saturated carbocycles. The normalized spacial score (nSPS) is 11.5. The van der Waals surface area contributed by atoms with Gasteiger partial charge in [-0.25, -0.2) is 0 Å². The lowest BCUT2D eigenvalue weighted by Crippen LogP contribution is -2.29. The standard InChI is InChI=1S/C15H21N3O2/c1-11-4-5-14(13(8-11)9-12(2)17)20-10-15(19)18-7-3-6-16/h4-5,8,12H,3,7,9-10,17H2,1-2H3,(H,18,19). The SMILES string of the molecule is Cc1ccc(OCC(=O)NCCC#N)c(CC(C)N)c1. The van der Waals surface area contributed by atoms with Crippen molar-refractivity contribution in [1.29, 1.82) is 5.26 Å². The average Bonchev–Trinajstić information content (AvgIpc) is 2.37. The first-order chi connectivity index (χ1) is 9.52. The molecule has 1 amide bonds. The zero-order valence-corrected chi connectivity index (χ0v) is 12.0. The van der Waals surface area contributed by atoms with Crippen LogP contribution < -0.4 is 15.8 Å². The van der Waals surface area contributed by atoms with Gasteiger partial charge in [-0.15, -0.1) is 0 Å². The highest BCUT2D eigenvalue weighted by atomic mass is 16.5. The van der Waals surface area contributed by atoms with Crippen LogP contribution in [-0.2, 0) is 11.2 Å². The van der Waals surface area contributed by atoms with Gasteiger partial charge in [-0.1, -0.05) is 17.7 Å². The Morgan fingerprint density at radius 3 is 2.95 bits per heavy atom. The van der Waals surface area contributed by atoms with Crippen LogP contribution in [0, 0.1) is 18.3 Å². The Bertz CT molecular complexity index is 492. The summed E-state index contributed by atoms with van der Waals surface area (Å²) in [7, 11) is 0. The van der Waals surface area contributed by atoms with Crippen molar-refractivity contribution in [3.05, 3.63) is 29.3 Å². The smallest absolute Gasteiger partial charge is 0.257 e. The highest BCUT2D eigenvalue weighted by Gasteiger charge is 2.09. The summed E-state index contributed by atoms with van der Waals surface area (Å²) in [5, 5.41) is 11.0. The van der Waals surface area contributed by atoms with Gasteiger partial charge in [-0.2, -0.15) is 5.26 Å². The maximum absolute atomic E-state index is 11.5. The minimum absolute atomic E-state index is 0.0311. The van der Waals surface area contributed by atoms with Gasteiger partial charge in [0.25, 0.3) is 5.91 Å². The van der Waals surface area contributed by atoms with E-state index in [1.165, 1.54) is 0 Å². The van der Waals surface area contributed by atoms with E-state index in [1.54, 1.807) is 0 Å². The molecule has 1 atom stereocenters. The van der Waals surface area contributed by atoms with Crippen LogP contribution in [0.25, 0.3) is 0 Å². The van der Waals surface area contributed by atoms with E-state index < -0.39 is 0 Å². The highest BCUT2D eigenvalue weighted by Crippen LogP contribution is 2.21. The number of ether oxygens (including phenoxy) is 1. The average molecular weight is 275 g/mol. The minimum Gasteiger partial charge on any atom is -0.483 e. The van der Waals surface area contributed by atoms with Gasteiger partial charge in [0.15, 0.2) is 6.61 Å². The molecule has 0 aliphatic rings. The van der Waals surface area contributed by atoms with E-state index >= 15 is 0 Å². The predicted molar refractivity (Wildman–Crippen MR) is 77.3 cm³/mol. The van der Waals surface area contributed by atoms with E-state index in [0.29, 0.717) is 25.1 Å². The summed E-state index contributed by atoms with van der Waals surface area (Å²) in [6.45, 7) is 4.23. The van der Waals surface area contributed by atoms with E-state index in [4.69, 9.17) is 15.7 Å². The first-order valence-electron chi connectivity index (χ1n) is 6.64. The quantitative estimate of drug-likeness (QED) is 0.734. The molecule has 1 rings (SSSR count). The zero-order chi connectivity index (χ0) is 15.0. The van der Waals surface area contributed by atoms with Crippen LogP contribution in [0.4, 0.5) is 0 Å². The topological polar surface area (TPSA) is 88.1 Å². The van der Waals surface area contributed by atoms with Crippen molar-refractivity contribution >= 4 is 5.91 Å². The Labute approximate surface area is 119 Å². The molecule has 0 bridgehead atoms. The fraction of sp³-hybridized carbons (Fsp3) is 0.467. The van der Waals surface area contributed by atoms with E-state index in [1.807, 2.05) is 38.1 Å². The minimum atomic E-state index is -0.229. The van der Waals surface area contributed by atoms with Crippen molar-refractivity contribution in [2.75, 3.05) is 13.2 Å². The molecule has 0 radical (unpaired) electrons. The molecular weight excluding hydrogens is 254 g/mol. The molecule has 20 heavy (non-hydrogen) atoms. The Morgan fingerprint density at radius 2 is 2.30 bits per heavy atom. The molecule has 0 saturated heterocycles. The lowest BCUT2D eigenvalue weighted by atomic mass is 10.0. The van der Waals surface area contributed by atoms with Crippen LogP contribution in [0.1, 0.15) is 24.5 Å². The van der Waals surface area contributed by atoms with Crippen molar-refractivity contribution in [3.8, 4) is 11.8 Å². The van der Waals surface area contributed by atoms with Crippen molar-refractivity contribution in [3.63, 3.8) is 0 Å². The largest absolute Gasteiger partial charge is 0.483 e. The number of nitrogens with zero attached hydrogens (tertiary/aromatic N) is 1. The number of rotatable bonds is 7. The second-order valence-corrected chi connectivity index (χ2v) is 4.84. The number of aryl methyl sites for hydroxylation is 1. The molecule has 0 heterocycles. The number of benzene rings is 1. The van der Waals surface area contributed by atoms with Crippen LogP contribution in [0.5, 0.6) is 5.75 Å². The van der Waals surface area contributed by atoms with Gasteiger partial charge < -0.3 is 15.8 Å². The third-order valence-electron chi connectivity index (χ3n) is 2.68. The maximum Gasteiger partial charge on any atom is 0.257 e. The highest BCUT2D eigenvalue weighted by molar-refractivity contribution is 5.77. The van der Waals surface area contributed by atoms with Crippen molar-refractivity contribution in [2.45, 2.75) is 32.7 Å². The molecule has 0 spiro atoms. The number of nitrogens with two attached hydrogens (primary N) is 1. The fourth-order valence-corrected chi connectivity index (χ4v) is 1.81. The summed E-state index contributed by atoms with van der Waals surface area (Å²) in [6.07, 6.45) is 0.999. The first-order valence-corrected chi connectivity index (χ1v) is 6.64. The Balaban J connectivity index is 2.58. The monoisotopic (exact) mass is 275 g/mol. The van der Waals surface area contributed by atoms with E-state index in [9.17, 15) is 4.79 Å². The summed E-state index contributed by atoms with van der Waals surface area (Å²) in [5.41, 5.74) is 7.95. The number of nitrogens with one attached hydrogen (secondary N) is 1. The summed E-state index contributed by atoms with van der Waals surface area (Å²) in [4.78, 5) is 11.5. The van der Waals surface area contributed by atoms with Gasteiger partial charge in [0.2, 0.25) is 0 Å². The predicted octanol–water partition coefficient (Wildman–Crippen LogP) is 1.29. The summed E-state index contributed by atoms with van der Waals surface area (Å²) < 4.78 is 5.54. The Kier molecular flexibility index (Phi) is 6.54. The number of hydrogen-bond acceptors (Lipinski definition) is 4. The molecule has 0 aliphatic heterocycles. The van der Waals surface area contributed by atoms with Crippen LogP contribution in [-0.4, -0.2) is 25.1 Å². The molecule has 0 aromatic heterocycles. The third kappa shape index (κ3) is 5.72. The van der Waals surface area contributed by atoms with Crippen molar-refractivity contribution in [1.82, 2.24) is 5.32 Å². The van der Waals surface area contributed by atoms with E-state index in [-0.39, 0.29) is 18.6 Å². The van der Waals surface area contributed by atoms with Crippen molar-refractivity contribution < 1.29 is 9.53 Å². The second-order valence-electron chi connectivity index (χ2n) is 4.84. The third-order valence-corrected chi connectivity index (χ3v) is 2.68. The van der Waals surface area contributed by atoms with Gasteiger partial charge >= 0.3 is 0 Å². The first kappa shape index (κ1) is 16.0. The van der Waals surface area contributed by atoms with Crippen LogP contribution in [0.3, 0.4) is 0 Å². The number of carbonyl (C=O) groups is 1. The molecule has 0 fully saturated rings. The van der Waals surface area contributed by atoms with Crippen LogP contribution in [0.15, 0.2) is 18.2 Å². The fourth-order valence-electron chi connectivity index (χ4n) is 1.81. The number of carbonyl (C=O) groups excluding carboxylic acids is 1. The molecule has 108 valence electrons.